The van der Waals surface area contributed by atoms with Gasteiger partial charge in [0.25, 0.3) is 11.8 Å². The van der Waals surface area contributed by atoms with Crippen LogP contribution in [0, 0.1) is 0 Å². The number of fused-ring (bicyclic) bond motifs is 1. The molecule has 1 aliphatic rings. The third-order valence-electron chi connectivity index (χ3n) is 4.90. The van der Waals surface area contributed by atoms with E-state index in [-0.39, 0.29) is 11.8 Å². The highest BCUT2D eigenvalue weighted by atomic mass is 16.2. The Morgan fingerprint density at radius 3 is 2.07 bits per heavy atom. The Balaban J connectivity index is 0.00000136. The van der Waals surface area contributed by atoms with Gasteiger partial charge < -0.3 is 5.73 Å². The largest absolute Gasteiger partial charge is 0.333 e. The number of carbonyl (C=O) groups is 2. The van der Waals surface area contributed by atoms with Crippen LogP contribution in [0.3, 0.4) is 0 Å². The lowest BCUT2D eigenvalue weighted by atomic mass is 10.1. The van der Waals surface area contributed by atoms with Gasteiger partial charge in [-0.1, -0.05) is 38.0 Å². The second kappa shape index (κ2) is 11.3. The van der Waals surface area contributed by atoms with Crippen molar-refractivity contribution in [3.63, 3.8) is 0 Å². The van der Waals surface area contributed by atoms with Gasteiger partial charge in [-0.2, -0.15) is 0 Å². The zero-order valence-electron chi connectivity index (χ0n) is 17.0. The molecule has 0 unspecified atom stereocenters. The van der Waals surface area contributed by atoms with Gasteiger partial charge in [0.2, 0.25) is 0 Å². The molecular weight excluding hydrogens is 350 g/mol. The van der Waals surface area contributed by atoms with E-state index in [1.54, 1.807) is 24.3 Å². The summed E-state index contributed by atoms with van der Waals surface area (Å²) in [7, 11) is 1.50. The van der Waals surface area contributed by atoms with Gasteiger partial charge in [-0.05, 0) is 62.9 Å². The van der Waals surface area contributed by atoms with E-state index in [9.17, 15) is 9.59 Å². The second-order valence-corrected chi connectivity index (χ2v) is 6.88. The van der Waals surface area contributed by atoms with Gasteiger partial charge in [-0.15, -0.1) is 0 Å². The lowest BCUT2D eigenvalue weighted by Crippen LogP contribution is -2.30. The number of aromatic nitrogens is 1. The quantitative estimate of drug-likeness (QED) is 0.526. The maximum Gasteiger partial charge on any atom is 0.261 e. The van der Waals surface area contributed by atoms with Gasteiger partial charge in [0.15, 0.2) is 0 Å². The lowest BCUT2D eigenvalue weighted by molar-refractivity contribution is 0.0652. The molecular formula is C23H31N3O2. The fourth-order valence-corrected chi connectivity index (χ4v) is 3.35. The van der Waals surface area contributed by atoms with Crippen molar-refractivity contribution in [3.05, 3.63) is 65.0 Å². The van der Waals surface area contributed by atoms with E-state index in [0.717, 1.165) is 31.4 Å². The summed E-state index contributed by atoms with van der Waals surface area (Å²) in [6.45, 7) is 2.69. The molecule has 0 aliphatic carbocycles. The van der Waals surface area contributed by atoms with Crippen LogP contribution in [0.5, 0.6) is 0 Å². The molecule has 5 heteroatoms. The summed E-state index contributed by atoms with van der Waals surface area (Å²) < 4.78 is 0. The number of aryl methyl sites for hydroxylation is 2. The molecule has 0 bridgehead atoms. The molecule has 1 aliphatic heterocycles. The molecule has 5 nitrogen and oxygen atoms in total. The zero-order valence-corrected chi connectivity index (χ0v) is 17.0. The number of pyridine rings is 1. The minimum Gasteiger partial charge on any atom is -0.333 e. The third-order valence-corrected chi connectivity index (χ3v) is 4.90. The molecule has 0 saturated carbocycles. The molecule has 1 aromatic carbocycles. The normalized spacial score (nSPS) is 12.6. The van der Waals surface area contributed by atoms with Crippen molar-refractivity contribution >= 4 is 11.8 Å². The minimum absolute atomic E-state index is 0.163. The first-order valence-electron chi connectivity index (χ1n) is 10.2. The summed E-state index contributed by atoms with van der Waals surface area (Å²) >= 11 is 0. The third kappa shape index (κ3) is 5.49. The fourth-order valence-electron chi connectivity index (χ4n) is 3.35. The van der Waals surface area contributed by atoms with Gasteiger partial charge in [0, 0.05) is 18.4 Å². The number of benzene rings is 1. The van der Waals surface area contributed by atoms with Gasteiger partial charge in [0.05, 0.1) is 11.1 Å². The monoisotopic (exact) mass is 381 g/mol. The Bertz CT molecular complexity index is 737. The summed E-state index contributed by atoms with van der Waals surface area (Å²) in [6, 6.07) is 11.3. The van der Waals surface area contributed by atoms with Crippen LogP contribution in [0.15, 0.2) is 42.6 Å². The Hall–Kier alpha value is -2.53. The van der Waals surface area contributed by atoms with E-state index in [1.165, 1.54) is 36.8 Å². The van der Waals surface area contributed by atoms with E-state index in [1.807, 2.05) is 6.20 Å². The van der Waals surface area contributed by atoms with Gasteiger partial charge in [0.1, 0.15) is 0 Å². The van der Waals surface area contributed by atoms with Crippen LogP contribution in [0.4, 0.5) is 0 Å². The van der Waals surface area contributed by atoms with E-state index in [0.29, 0.717) is 17.7 Å². The molecule has 2 N–H and O–H groups in total. The first kappa shape index (κ1) is 21.8. The average Bonchev–Trinajstić information content (AvgIpc) is 2.99. The van der Waals surface area contributed by atoms with E-state index in [4.69, 9.17) is 0 Å². The molecule has 2 amide bonds. The molecule has 1 aromatic heterocycles. The zero-order chi connectivity index (χ0) is 20.4. The standard InChI is InChI=1S/C22H26N2O2.CH5N/c1-2-3-4-10-18-14-13-17(16-23-18)9-7-8-15-24-21(25)19-11-5-6-12-20(19)22(24)26;1-2/h5-6,11-14,16H,2-4,7-10,15H2,1H3;2H2,1H3. The van der Waals surface area contributed by atoms with E-state index >= 15 is 0 Å². The molecule has 2 heterocycles. The van der Waals surface area contributed by atoms with Crippen LogP contribution in [0.2, 0.25) is 0 Å². The van der Waals surface area contributed by atoms with Crippen LogP contribution < -0.4 is 5.73 Å². The van der Waals surface area contributed by atoms with Crippen molar-refractivity contribution in [1.82, 2.24) is 9.88 Å². The average molecular weight is 382 g/mol. The molecule has 2 aromatic rings. The number of hydrogen-bond donors (Lipinski definition) is 1. The summed E-state index contributed by atoms with van der Waals surface area (Å²) in [5.74, 6) is -0.326. The fraction of sp³-hybridized carbons (Fsp3) is 0.435. The SMILES string of the molecule is CCCCCc1ccc(CCCCN2C(=O)c3ccccc3C2=O)cn1.CN. The van der Waals surface area contributed by atoms with Crippen molar-refractivity contribution in [1.29, 1.82) is 0 Å². The molecule has 0 saturated heterocycles. The highest BCUT2D eigenvalue weighted by Gasteiger charge is 2.34. The smallest absolute Gasteiger partial charge is 0.261 e. The first-order chi connectivity index (χ1) is 13.7. The van der Waals surface area contributed by atoms with Crippen LogP contribution in [0.25, 0.3) is 0 Å². The number of amides is 2. The number of carbonyl (C=O) groups excluding carboxylic acids is 2. The van der Waals surface area contributed by atoms with Gasteiger partial charge in [-0.3, -0.25) is 19.5 Å². The highest BCUT2D eigenvalue weighted by molar-refractivity contribution is 6.21. The lowest BCUT2D eigenvalue weighted by Gasteiger charge is -2.13. The summed E-state index contributed by atoms with van der Waals surface area (Å²) in [6.07, 6.45) is 9.35. The molecule has 3 rings (SSSR count). The summed E-state index contributed by atoms with van der Waals surface area (Å²) in [5, 5.41) is 0. The van der Waals surface area contributed by atoms with Gasteiger partial charge >= 0.3 is 0 Å². The highest BCUT2D eigenvalue weighted by Crippen LogP contribution is 2.22. The number of nitrogens with two attached hydrogens (primary N) is 1. The predicted molar refractivity (Wildman–Crippen MR) is 112 cm³/mol. The van der Waals surface area contributed by atoms with Crippen molar-refractivity contribution in [2.24, 2.45) is 5.73 Å². The first-order valence-corrected chi connectivity index (χ1v) is 10.2. The Morgan fingerprint density at radius 1 is 0.857 bits per heavy atom. The number of unbranched alkanes of at least 4 members (excludes halogenated alkanes) is 3. The maximum absolute atomic E-state index is 12.3. The molecule has 28 heavy (non-hydrogen) atoms. The number of rotatable bonds is 9. The van der Waals surface area contributed by atoms with Crippen molar-refractivity contribution in [3.8, 4) is 0 Å². The van der Waals surface area contributed by atoms with E-state index in [2.05, 4.69) is 29.8 Å². The molecule has 0 fully saturated rings. The maximum atomic E-state index is 12.3. The molecule has 0 radical (unpaired) electrons. The van der Waals surface area contributed by atoms with E-state index < -0.39 is 0 Å². The van der Waals surface area contributed by atoms with Crippen LogP contribution in [0.1, 0.15) is 71.0 Å². The van der Waals surface area contributed by atoms with Crippen LogP contribution >= 0.6 is 0 Å². The predicted octanol–water partition coefficient (Wildman–Crippen LogP) is 4.01. The summed E-state index contributed by atoms with van der Waals surface area (Å²) in [5.41, 5.74) is 7.93. The number of hydrogen-bond acceptors (Lipinski definition) is 4. The minimum atomic E-state index is -0.163. The Kier molecular flexibility index (Phi) is 8.82. The number of imide groups is 1. The second-order valence-electron chi connectivity index (χ2n) is 6.88. The van der Waals surface area contributed by atoms with Crippen LogP contribution in [-0.2, 0) is 12.8 Å². The number of nitrogens with zero attached hydrogens (tertiary/aromatic N) is 2. The molecule has 0 spiro atoms. The van der Waals surface area contributed by atoms with Crippen molar-refractivity contribution in [2.75, 3.05) is 13.6 Å². The topological polar surface area (TPSA) is 76.3 Å². The Morgan fingerprint density at radius 2 is 1.50 bits per heavy atom. The summed E-state index contributed by atoms with van der Waals surface area (Å²) in [4.78, 5) is 30.5. The van der Waals surface area contributed by atoms with Gasteiger partial charge in [-0.25, -0.2) is 0 Å². The Labute approximate surface area is 168 Å². The molecule has 150 valence electrons. The van der Waals surface area contributed by atoms with Crippen molar-refractivity contribution < 1.29 is 9.59 Å². The molecule has 0 atom stereocenters. The van der Waals surface area contributed by atoms with Crippen LogP contribution in [-0.4, -0.2) is 35.3 Å². The van der Waals surface area contributed by atoms with Crippen molar-refractivity contribution in [2.45, 2.75) is 51.9 Å².